The lowest BCUT2D eigenvalue weighted by Gasteiger charge is -2.30. The third-order valence-corrected chi connectivity index (χ3v) is 5.48. The number of thiophene rings is 1. The van der Waals surface area contributed by atoms with Gasteiger partial charge in [-0.15, -0.1) is 11.3 Å². The fourth-order valence-corrected chi connectivity index (χ4v) is 3.91. The van der Waals surface area contributed by atoms with E-state index >= 15 is 0 Å². The number of nitrogens with zero attached hydrogens (tertiary/aromatic N) is 1. The number of anilines is 2. The molecule has 1 atom stereocenters. The molecule has 1 unspecified atom stereocenters. The van der Waals surface area contributed by atoms with E-state index in [0.717, 1.165) is 11.3 Å². The molecule has 0 aliphatic carbocycles. The van der Waals surface area contributed by atoms with Crippen molar-refractivity contribution >= 4 is 28.9 Å². The minimum Gasteiger partial charge on any atom is -0.372 e. The van der Waals surface area contributed by atoms with Crippen molar-refractivity contribution in [1.82, 2.24) is 0 Å². The van der Waals surface area contributed by atoms with E-state index in [2.05, 4.69) is 10.3 Å². The third-order valence-electron chi connectivity index (χ3n) is 4.37. The molecular formula is C21H18F4N2OS. The number of aliphatic hydroxyl groups is 1. The maximum absolute atomic E-state index is 14.0. The predicted molar refractivity (Wildman–Crippen MR) is 108 cm³/mol. The van der Waals surface area contributed by atoms with Crippen LogP contribution in [0.25, 0.3) is 0 Å². The summed E-state index contributed by atoms with van der Waals surface area (Å²) in [4.78, 5) is 4.35. The van der Waals surface area contributed by atoms with E-state index in [9.17, 15) is 22.7 Å². The fraction of sp³-hybridized carbons (Fsp3) is 0.190. The Balaban J connectivity index is 2.09. The number of nitrogens with one attached hydrogen (secondary N) is 1. The van der Waals surface area contributed by atoms with E-state index in [1.54, 1.807) is 6.92 Å². The summed E-state index contributed by atoms with van der Waals surface area (Å²) in [5.74, 6) is -0.400. The predicted octanol–water partition coefficient (Wildman–Crippen LogP) is 5.79. The Kier molecular flexibility index (Phi) is 5.77. The highest BCUT2D eigenvalue weighted by Gasteiger charge is 2.57. The van der Waals surface area contributed by atoms with Gasteiger partial charge in [-0.25, -0.2) is 4.39 Å². The van der Waals surface area contributed by atoms with Crippen molar-refractivity contribution in [2.24, 2.45) is 4.99 Å². The van der Waals surface area contributed by atoms with Crippen molar-refractivity contribution in [1.29, 1.82) is 0 Å². The zero-order valence-corrected chi connectivity index (χ0v) is 16.4. The summed E-state index contributed by atoms with van der Waals surface area (Å²) in [5, 5.41) is 13.8. The second-order valence-electron chi connectivity index (χ2n) is 6.44. The van der Waals surface area contributed by atoms with Crippen LogP contribution in [0.5, 0.6) is 0 Å². The highest BCUT2D eigenvalue weighted by Crippen LogP contribution is 2.47. The molecule has 0 fully saturated rings. The Morgan fingerprint density at radius 3 is 2.28 bits per heavy atom. The molecule has 0 aliphatic rings. The largest absolute Gasteiger partial charge is 0.426 e. The lowest BCUT2D eigenvalue weighted by Crippen LogP contribution is -2.42. The summed E-state index contributed by atoms with van der Waals surface area (Å²) in [6, 6.07) is 12.3. The summed E-state index contributed by atoms with van der Waals surface area (Å²) in [6.45, 7) is 1.68. The van der Waals surface area contributed by atoms with Crippen LogP contribution in [-0.4, -0.2) is 24.5 Å². The van der Waals surface area contributed by atoms with Crippen molar-refractivity contribution in [2.75, 3.05) is 12.4 Å². The molecule has 0 amide bonds. The van der Waals surface area contributed by atoms with Crippen molar-refractivity contribution < 1.29 is 22.7 Å². The van der Waals surface area contributed by atoms with Gasteiger partial charge in [0.2, 0.25) is 5.60 Å². The molecule has 2 aromatic carbocycles. The molecule has 0 radical (unpaired) electrons. The zero-order valence-electron chi connectivity index (χ0n) is 15.6. The van der Waals surface area contributed by atoms with Gasteiger partial charge in [0.05, 0.1) is 4.88 Å². The quantitative estimate of drug-likeness (QED) is 0.404. The smallest absolute Gasteiger partial charge is 0.372 e. The van der Waals surface area contributed by atoms with Gasteiger partial charge in [0.25, 0.3) is 0 Å². The van der Waals surface area contributed by atoms with Gasteiger partial charge >= 0.3 is 6.18 Å². The summed E-state index contributed by atoms with van der Waals surface area (Å²) in [7, 11) is 1.49. The Hall–Kier alpha value is -2.71. The van der Waals surface area contributed by atoms with Gasteiger partial charge in [0.15, 0.2) is 0 Å². The van der Waals surface area contributed by atoms with Crippen LogP contribution in [0.2, 0.25) is 0 Å². The fourth-order valence-electron chi connectivity index (χ4n) is 2.91. The standard InChI is InChI=1S/C21H18F4N2OS/c1-13-3-10-19(29-13)20(28,21(23,24)25)15-4-9-18(14(11-15)12-26-2)27-17-7-5-16(22)6-8-17/h3-12,27-28H,1-2H3. The molecular weight excluding hydrogens is 404 g/mol. The molecule has 0 saturated heterocycles. The third kappa shape index (κ3) is 4.18. The van der Waals surface area contributed by atoms with Crippen molar-refractivity contribution in [3.63, 3.8) is 0 Å². The average molecular weight is 422 g/mol. The second kappa shape index (κ2) is 7.96. The number of benzene rings is 2. The average Bonchev–Trinajstić information content (AvgIpc) is 3.10. The molecule has 0 bridgehead atoms. The Morgan fingerprint density at radius 1 is 1.03 bits per heavy atom. The Bertz CT molecular complexity index is 1030. The van der Waals surface area contributed by atoms with Gasteiger partial charge in [-0.1, -0.05) is 6.07 Å². The molecule has 0 spiro atoms. The van der Waals surface area contributed by atoms with Crippen molar-refractivity contribution in [2.45, 2.75) is 18.7 Å². The molecule has 8 heteroatoms. The molecule has 0 saturated carbocycles. The summed E-state index contributed by atoms with van der Waals surface area (Å²) in [6.07, 6.45) is -3.53. The van der Waals surface area contributed by atoms with Crippen LogP contribution in [0.1, 0.15) is 20.9 Å². The van der Waals surface area contributed by atoms with E-state index in [0.29, 0.717) is 21.8 Å². The molecule has 2 N–H and O–H groups in total. The van der Waals surface area contributed by atoms with Crippen LogP contribution in [0.3, 0.4) is 0 Å². The van der Waals surface area contributed by atoms with Crippen LogP contribution in [0.4, 0.5) is 28.9 Å². The van der Waals surface area contributed by atoms with E-state index in [-0.39, 0.29) is 10.4 Å². The van der Waals surface area contributed by atoms with Gasteiger partial charge in [-0.2, -0.15) is 13.2 Å². The summed E-state index contributed by atoms with van der Waals surface area (Å²) >= 11 is 0.889. The van der Waals surface area contributed by atoms with E-state index in [1.807, 2.05) is 0 Å². The highest BCUT2D eigenvalue weighted by molar-refractivity contribution is 7.12. The number of hydrogen-bond acceptors (Lipinski definition) is 4. The molecule has 1 aromatic heterocycles. The normalized spacial score (nSPS) is 14.2. The van der Waals surface area contributed by atoms with Gasteiger partial charge in [-0.3, -0.25) is 4.99 Å². The summed E-state index contributed by atoms with van der Waals surface area (Å²) in [5.41, 5.74) is -2.07. The molecule has 0 aliphatic heterocycles. The minimum atomic E-state index is -4.92. The highest BCUT2D eigenvalue weighted by atomic mass is 32.1. The first-order valence-electron chi connectivity index (χ1n) is 8.60. The zero-order chi connectivity index (χ0) is 21.2. The first-order chi connectivity index (χ1) is 13.6. The molecule has 3 nitrogen and oxygen atoms in total. The number of rotatable bonds is 5. The van der Waals surface area contributed by atoms with Gasteiger partial charge in [0, 0.05) is 35.1 Å². The van der Waals surface area contributed by atoms with Crippen molar-refractivity contribution in [3.05, 3.63) is 81.3 Å². The van der Waals surface area contributed by atoms with Crippen LogP contribution in [0, 0.1) is 12.7 Å². The molecule has 1 heterocycles. The molecule has 29 heavy (non-hydrogen) atoms. The van der Waals surface area contributed by atoms with Crippen molar-refractivity contribution in [3.8, 4) is 0 Å². The number of halogens is 4. The van der Waals surface area contributed by atoms with Crippen LogP contribution in [-0.2, 0) is 5.60 Å². The van der Waals surface area contributed by atoms with E-state index < -0.39 is 17.6 Å². The molecule has 152 valence electrons. The Morgan fingerprint density at radius 2 is 1.72 bits per heavy atom. The monoisotopic (exact) mass is 422 g/mol. The number of alkyl halides is 3. The van der Waals surface area contributed by atoms with E-state index in [4.69, 9.17) is 0 Å². The van der Waals surface area contributed by atoms with Gasteiger partial charge < -0.3 is 10.4 Å². The van der Waals surface area contributed by atoms with Crippen LogP contribution < -0.4 is 5.32 Å². The SMILES string of the molecule is CN=Cc1cc(C(O)(c2ccc(C)s2)C(F)(F)F)ccc1Nc1ccc(F)cc1. The summed E-state index contributed by atoms with van der Waals surface area (Å²) < 4.78 is 55.0. The maximum atomic E-state index is 14.0. The first kappa shape index (κ1) is 21.0. The Labute approximate surface area is 169 Å². The lowest BCUT2D eigenvalue weighted by atomic mass is 9.89. The number of hydrogen-bond donors (Lipinski definition) is 2. The molecule has 3 rings (SSSR count). The van der Waals surface area contributed by atoms with E-state index in [1.165, 1.54) is 67.9 Å². The maximum Gasteiger partial charge on any atom is 0.426 e. The second-order valence-corrected chi connectivity index (χ2v) is 7.73. The van der Waals surface area contributed by atoms with Gasteiger partial charge in [-0.05, 0) is 61.0 Å². The first-order valence-corrected chi connectivity index (χ1v) is 9.42. The number of aryl methyl sites for hydroxylation is 1. The minimum absolute atomic E-state index is 0.207. The lowest BCUT2D eigenvalue weighted by molar-refractivity contribution is -0.247. The van der Waals surface area contributed by atoms with Crippen LogP contribution >= 0.6 is 11.3 Å². The topological polar surface area (TPSA) is 44.6 Å². The number of aliphatic imine (C=N–C) groups is 1. The van der Waals surface area contributed by atoms with Gasteiger partial charge in [0.1, 0.15) is 5.82 Å². The van der Waals surface area contributed by atoms with Crippen LogP contribution in [0.15, 0.2) is 59.6 Å². The molecule has 3 aromatic rings.